The van der Waals surface area contributed by atoms with Crippen molar-refractivity contribution in [2.24, 2.45) is 5.92 Å². The first-order valence-electron chi connectivity index (χ1n) is 6.69. The molecule has 122 valence electrons. The molecule has 0 aromatic heterocycles. The highest BCUT2D eigenvalue weighted by molar-refractivity contribution is 7.47. The zero-order chi connectivity index (χ0) is 16.8. The summed E-state index contributed by atoms with van der Waals surface area (Å²) in [4.78, 5) is 31.8. The van der Waals surface area contributed by atoms with Crippen LogP contribution in [0.25, 0.3) is 0 Å². The minimum atomic E-state index is -4.09. The highest BCUT2D eigenvalue weighted by Crippen LogP contribution is 2.42. The minimum absolute atomic E-state index is 0.0633. The first-order chi connectivity index (χ1) is 10.3. The van der Waals surface area contributed by atoms with E-state index in [0.717, 1.165) is 12.7 Å². The van der Waals surface area contributed by atoms with E-state index in [1.165, 1.54) is 12.1 Å². The molecule has 0 aliphatic heterocycles. The number of carbonyl (C=O) groups is 2. The van der Waals surface area contributed by atoms with E-state index >= 15 is 0 Å². The molecule has 0 aliphatic carbocycles. The Morgan fingerprint density at radius 2 is 1.95 bits per heavy atom. The van der Waals surface area contributed by atoms with Crippen LogP contribution in [0.2, 0.25) is 0 Å². The van der Waals surface area contributed by atoms with Crippen LogP contribution in [0.1, 0.15) is 19.4 Å². The fourth-order valence-corrected chi connectivity index (χ4v) is 2.28. The summed E-state index contributed by atoms with van der Waals surface area (Å²) in [6.07, 6.45) is 0.833. The molecule has 1 amide bonds. The van der Waals surface area contributed by atoms with Crippen molar-refractivity contribution in [3.05, 3.63) is 29.8 Å². The average molecular weight is 329 g/mol. The van der Waals surface area contributed by atoms with Gasteiger partial charge in [-0.2, -0.15) is 0 Å². The van der Waals surface area contributed by atoms with Gasteiger partial charge >= 0.3 is 7.82 Å². The van der Waals surface area contributed by atoms with Gasteiger partial charge in [-0.15, -0.1) is 0 Å². The number of hydrogen-bond acceptors (Lipinski definition) is 5. The van der Waals surface area contributed by atoms with Crippen molar-refractivity contribution in [3.63, 3.8) is 0 Å². The van der Waals surface area contributed by atoms with Crippen LogP contribution in [0.4, 0.5) is 0 Å². The molecule has 2 N–H and O–H groups in total. The fraction of sp³-hybridized carbons (Fsp3) is 0.429. The summed E-state index contributed by atoms with van der Waals surface area (Å²) in [6.45, 7) is 3.53. The molecule has 22 heavy (non-hydrogen) atoms. The van der Waals surface area contributed by atoms with Crippen molar-refractivity contribution < 1.29 is 28.1 Å². The Bertz CT molecular complexity index is 557. The van der Waals surface area contributed by atoms with Gasteiger partial charge in [0, 0.05) is 13.0 Å². The molecule has 0 saturated carbocycles. The second-order valence-corrected chi connectivity index (χ2v) is 6.47. The molecule has 1 rings (SSSR count). The topological polar surface area (TPSA) is 102 Å². The Morgan fingerprint density at radius 1 is 1.36 bits per heavy atom. The minimum Gasteiger partial charge on any atom is -0.404 e. The third-order valence-corrected chi connectivity index (χ3v) is 3.90. The molecule has 1 aromatic rings. The zero-order valence-corrected chi connectivity index (χ0v) is 13.6. The number of amides is 1. The molecule has 2 atom stereocenters. The van der Waals surface area contributed by atoms with Gasteiger partial charge in [0.1, 0.15) is 5.75 Å². The van der Waals surface area contributed by atoms with E-state index in [0.29, 0.717) is 12.8 Å². The number of hydrogen-bond donors (Lipinski definition) is 2. The first-order valence-corrected chi connectivity index (χ1v) is 8.19. The molecule has 2 unspecified atom stereocenters. The molecule has 1 aromatic carbocycles. The van der Waals surface area contributed by atoms with Crippen molar-refractivity contribution in [3.8, 4) is 5.75 Å². The van der Waals surface area contributed by atoms with Gasteiger partial charge in [-0.25, -0.2) is 4.57 Å². The summed E-state index contributed by atoms with van der Waals surface area (Å²) in [6, 6.07) is 5.69. The molecule has 0 heterocycles. The number of phosphoric ester groups is 1. The molecule has 7 nitrogen and oxygen atoms in total. The van der Waals surface area contributed by atoms with Gasteiger partial charge in [0.15, 0.2) is 5.78 Å². The van der Waals surface area contributed by atoms with E-state index in [9.17, 15) is 19.0 Å². The largest absolute Gasteiger partial charge is 0.527 e. The SMILES string of the molecule is COP(=O)(O)Oc1ccc(CC(NC=O)C(=O)C(C)C)cc1. The summed E-state index contributed by atoms with van der Waals surface area (Å²) >= 11 is 0. The second-order valence-electron chi connectivity index (χ2n) is 4.98. The van der Waals surface area contributed by atoms with Crippen LogP contribution in [0.3, 0.4) is 0 Å². The predicted octanol–water partition coefficient (Wildman–Crippen LogP) is 1.69. The number of ketones is 1. The lowest BCUT2D eigenvalue weighted by atomic mass is 9.96. The van der Waals surface area contributed by atoms with E-state index in [-0.39, 0.29) is 17.5 Å². The molecule has 0 bridgehead atoms. The first kappa shape index (κ1) is 18.4. The maximum Gasteiger partial charge on any atom is 0.527 e. The summed E-state index contributed by atoms with van der Waals surface area (Å²) in [5.74, 6) is -0.0831. The van der Waals surface area contributed by atoms with Crippen LogP contribution in [0.5, 0.6) is 5.75 Å². The van der Waals surface area contributed by atoms with E-state index < -0.39 is 13.9 Å². The monoisotopic (exact) mass is 329 g/mol. The van der Waals surface area contributed by atoms with Crippen LogP contribution in [-0.4, -0.2) is 30.2 Å². The van der Waals surface area contributed by atoms with Crippen molar-refractivity contribution >= 4 is 20.0 Å². The number of carbonyl (C=O) groups excluding carboxylic acids is 2. The lowest BCUT2D eigenvalue weighted by Crippen LogP contribution is -2.40. The number of nitrogens with one attached hydrogen (secondary N) is 1. The Labute approximate surface area is 129 Å². The molecular formula is C14H20NO6P. The number of Topliss-reactive ketones (excluding diaryl/α,β-unsaturated/α-hetero) is 1. The van der Waals surface area contributed by atoms with E-state index in [1.54, 1.807) is 26.0 Å². The van der Waals surface area contributed by atoms with Crippen molar-refractivity contribution in [2.45, 2.75) is 26.3 Å². The van der Waals surface area contributed by atoms with Gasteiger partial charge in [-0.05, 0) is 24.1 Å². The van der Waals surface area contributed by atoms with Crippen molar-refractivity contribution in [2.75, 3.05) is 7.11 Å². The number of phosphoric acid groups is 1. The Morgan fingerprint density at radius 3 is 2.41 bits per heavy atom. The summed E-state index contributed by atoms with van der Waals surface area (Å²) in [7, 11) is -3.02. The average Bonchev–Trinajstić information content (AvgIpc) is 2.47. The van der Waals surface area contributed by atoms with Gasteiger partial charge in [-0.3, -0.25) is 19.0 Å². The van der Waals surface area contributed by atoms with E-state index in [1.807, 2.05) is 0 Å². The smallest absolute Gasteiger partial charge is 0.404 e. The molecule has 0 radical (unpaired) electrons. The summed E-state index contributed by atoms with van der Waals surface area (Å²) in [5, 5.41) is 2.51. The molecule has 0 aliphatic rings. The number of rotatable bonds is 9. The third kappa shape index (κ3) is 5.60. The summed E-state index contributed by atoms with van der Waals surface area (Å²) < 4.78 is 20.4. The maximum absolute atomic E-state index is 12.0. The van der Waals surface area contributed by atoms with Crippen LogP contribution < -0.4 is 9.84 Å². The standard InChI is InChI=1S/C14H20NO6P/c1-10(2)14(17)13(15-9-16)8-11-4-6-12(7-5-11)21-22(18,19)20-3/h4-7,9-10,13H,8H2,1-3H3,(H,15,16)(H,18,19). The normalized spacial score (nSPS) is 15.0. The zero-order valence-electron chi connectivity index (χ0n) is 12.7. The van der Waals surface area contributed by atoms with Gasteiger partial charge < -0.3 is 9.84 Å². The Kier molecular flexibility index (Phi) is 6.74. The molecule has 0 saturated heterocycles. The summed E-state index contributed by atoms with van der Waals surface area (Å²) in [5.41, 5.74) is 0.783. The van der Waals surface area contributed by atoms with Gasteiger partial charge in [0.2, 0.25) is 6.41 Å². The maximum atomic E-state index is 12.0. The third-order valence-electron chi connectivity index (χ3n) is 3.00. The quantitative estimate of drug-likeness (QED) is 0.528. The Balaban J connectivity index is 2.79. The molecule has 0 spiro atoms. The molecule has 0 fully saturated rings. The number of benzene rings is 1. The highest BCUT2D eigenvalue weighted by Gasteiger charge is 2.22. The lowest BCUT2D eigenvalue weighted by molar-refractivity contribution is -0.126. The highest BCUT2D eigenvalue weighted by atomic mass is 31.2. The lowest BCUT2D eigenvalue weighted by Gasteiger charge is -2.17. The van der Waals surface area contributed by atoms with Crippen LogP contribution in [0, 0.1) is 5.92 Å². The van der Waals surface area contributed by atoms with Gasteiger partial charge in [0.25, 0.3) is 0 Å². The van der Waals surface area contributed by atoms with Gasteiger partial charge in [-0.1, -0.05) is 26.0 Å². The van der Waals surface area contributed by atoms with Crippen LogP contribution in [0.15, 0.2) is 24.3 Å². The molecular weight excluding hydrogens is 309 g/mol. The fourth-order valence-electron chi connectivity index (χ4n) is 1.82. The van der Waals surface area contributed by atoms with Crippen molar-refractivity contribution in [1.82, 2.24) is 5.32 Å². The van der Waals surface area contributed by atoms with Crippen molar-refractivity contribution in [1.29, 1.82) is 0 Å². The predicted molar refractivity (Wildman–Crippen MR) is 80.4 cm³/mol. The Hall–Kier alpha value is -1.69. The van der Waals surface area contributed by atoms with Gasteiger partial charge in [0.05, 0.1) is 6.04 Å². The molecule has 8 heteroatoms. The van der Waals surface area contributed by atoms with Crippen LogP contribution >= 0.6 is 7.82 Å². The second kappa shape index (κ2) is 8.08. The van der Waals surface area contributed by atoms with Crippen LogP contribution in [-0.2, 0) is 25.1 Å². The van der Waals surface area contributed by atoms with E-state index in [4.69, 9.17) is 4.52 Å². The van der Waals surface area contributed by atoms with E-state index in [2.05, 4.69) is 9.84 Å².